The molecule has 0 radical (unpaired) electrons. The molecule has 1 aliphatic carbocycles. The van der Waals surface area contributed by atoms with Crippen molar-refractivity contribution in [2.24, 2.45) is 0 Å². The molecule has 2 rings (SSSR count). The van der Waals surface area contributed by atoms with E-state index >= 15 is 0 Å². The maximum absolute atomic E-state index is 13.0. The van der Waals surface area contributed by atoms with Crippen LogP contribution < -0.4 is 4.74 Å². The van der Waals surface area contributed by atoms with Gasteiger partial charge in [-0.15, -0.1) is 0 Å². The zero-order valence-electron chi connectivity index (χ0n) is 14.0. The SMILES string of the molecule is CCOP(=O)(OCC)C1CCCC(Oc2ccc(Br)nc2C)C1. The van der Waals surface area contributed by atoms with Crippen LogP contribution in [0.1, 0.15) is 45.2 Å². The molecule has 23 heavy (non-hydrogen) atoms. The molecule has 2 unspecified atom stereocenters. The van der Waals surface area contributed by atoms with Crippen LogP contribution in [-0.2, 0) is 13.6 Å². The summed E-state index contributed by atoms with van der Waals surface area (Å²) in [6.07, 6.45) is 3.47. The average Bonchev–Trinajstić information content (AvgIpc) is 2.51. The first kappa shape index (κ1) is 18.9. The largest absolute Gasteiger partial charge is 0.489 e. The second kappa shape index (κ2) is 8.61. The normalized spacial score (nSPS) is 22.1. The third-order valence-corrected chi connectivity index (χ3v) is 7.00. The van der Waals surface area contributed by atoms with E-state index in [9.17, 15) is 4.57 Å². The highest BCUT2D eigenvalue weighted by Crippen LogP contribution is 2.57. The molecule has 0 amide bonds. The summed E-state index contributed by atoms with van der Waals surface area (Å²) in [5.74, 6) is 0.779. The summed E-state index contributed by atoms with van der Waals surface area (Å²) in [4.78, 5) is 4.35. The van der Waals surface area contributed by atoms with Gasteiger partial charge in [-0.25, -0.2) is 4.98 Å². The Kier molecular flexibility index (Phi) is 7.08. The standard InChI is InChI=1S/C16H25BrNO4P/c1-4-20-23(19,21-5-2)14-8-6-7-13(11-14)22-15-9-10-16(17)18-12(15)3/h9-10,13-14H,4-8,11H2,1-3H3. The fourth-order valence-corrected chi connectivity index (χ4v) is 5.55. The zero-order valence-corrected chi connectivity index (χ0v) is 16.4. The van der Waals surface area contributed by atoms with Gasteiger partial charge < -0.3 is 13.8 Å². The fraction of sp³-hybridized carbons (Fsp3) is 0.688. The number of aromatic nitrogens is 1. The number of hydrogen-bond donors (Lipinski definition) is 0. The average molecular weight is 406 g/mol. The van der Waals surface area contributed by atoms with E-state index in [1.54, 1.807) is 0 Å². The van der Waals surface area contributed by atoms with Crippen LogP contribution in [0.25, 0.3) is 0 Å². The van der Waals surface area contributed by atoms with Gasteiger partial charge in [-0.2, -0.15) is 0 Å². The van der Waals surface area contributed by atoms with Crippen molar-refractivity contribution in [1.29, 1.82) is 0 Å². The van der Waals surface area contributed by atoms with Crippen LogP contribution in [0.2, 0.25) is 0 Å². The highest BCUT2D eigenvalue weighted by atomic mass is 79.9. The summed E-state index contributed by atoms with van der Waals surface area (Å²) in [6, 6.07) is 3.79. The van der Waals surface area contributed by atoms with E-state index < -0.39 is 7.60 Å². The van der Waals surface area contributed by atoms with Crippen molar-refractivity contribution in [3.8, 4) is 5.75 Å². The predicted octanol–water partition coefficient (Wildman–Crippen LogP) is 5.11. The molecule has 1 saturated carbocycles. The fourth-order valence-electron chi connectivity index (χ4n) is 2.94. The monoisotopic (exact) mass is 405 g/mol. The molecule has 1 aliphatic rings. The van der Waals surface area contributed by atoms with Gasteiger partial charge in [-0.05, 0) is 74.5 Å². The topological polar surface area (TPSA) is 57.7 Å². The smallest absolute Gasteiger partial charge is 0.333 e. The van der Waals surface area contributed by atoms with Gasteiger partial charge in [-0.1, -0.05) is 0 Å². The molecule has 0 aromatic carbocycles. The molecule has 0 bridgehead atoms. The summed E-state index contributed by atoms with van der Waals surface area (Å²) >= 11 is 3.36. The Morgan fingerprint density at radius 2 is 1.96 bits per heavy atom. The van der Waals surface area contributed by atoms with Crippen LogP contribution in [-0.4, -0.2) is 30.0 Å². The van der Waals surface area contributed by atoms with Crippen LogP contribution in [0.3, 0.4) is 0 Å². The second-order valence-corrected chi connectivity index (χ2v) is 8.79. The van der Waals surface area contributed by atoms with Crippen molar-refractivity contribution in [2.45, 2.75) is 58.2 Å². The second-order valence-electron chi connectivity index (χ2n) is 5.65. The quantitative estimate of drug-likeness (QED) is 0.465. The lowest BCUT2D eigenvalue weighted by atomic mass is 9.97. The van der Waals surface area contributed by atoms with Gasteiger partial charge in [0.25, 0.3) is 0 Å². The predicted molar refractivity (Wildman–Crippen MR) is 94.2 cm³/mol. The number of halogens is 1. The Balaban J connectivity index is 2.06. The number of hydrogen-bond acceptors (Lipinski definition) is 5. The van der Waals surface area contributed by atoms with E-state index in [4.69, 9.17) is 13.8 Å². The number of aryl methyl sites for hydroxylation is 1. The van der Waals surface area contributed by atoms with E-state index in [1.165, 1.54) is 0 Å². The molecule has 0 spiro atoms. The maximum atomic E-state index is 13.0. The van der Waals surface area contributed by atoms with Crippen LogP contribution in [0.4, 0.5) is 0 Å². The summed E-state index contributed by atoms with van der Waals surface area (Å²) in [6.45, 7) is 6.41. The van der Waals surface area contributed by atoms with Crippen LogP contribution in [0, 0.1) is 6.92 Å². The molecule has 0 N–H and O–H groups in total. The summed E-state index contributed by atoms with van der Waals surface area (Å²) in [5.41, 5.74) is 0.754. The Bertz CT molecular complexity index is 559. The minimum atomic E-state index is -3.06. The third-order valence-electron chi connectivity index (χ3n) is 3.96. The van der Waals surface area contributed by atoms with E-state index in [2.05, 4.69) is 20.9 Å². The molecular formula is C16H25BrNO4P. The first-order chi connectivity index (χ1) is 11.0. The Labute approximate surface area is 146 Å². The molecule has 1 heterocycles. The molecule has 1 fully saturated rings. The van der Waals surface area contributed by atoms with E-state index in [-0.39, 0.29) is 11.8 Å². The maximum Gasteiger partial charge on any atom is 0.333 e. The highest BCUT2D eigenvalue weighted by Gasteiger charge is 2.39. The molecular weight excluding hydrogens is 381 g/mol. The highest BCUT2D eigenvalue weighted by molar-refractivity contribution is 9.10. The van der Waals surface area contributed by atoms with Crippen molar-refractivity contribution in [3.05, 3.63) is 22.4 Å². The lowest BCUT2D eigenvalue weighted by Gasteiger charge is -2.33. The lowest BCUT2D eigenvalue weighted by Crippen LogP contribution is -2.30. The van der Waals surface area contributed by atoms with Crippen LogP contribution >= 0.6 is 23.5 Å². The minimum absolute atomic E-state index is 0.0182. The van der Waals surface area contributed by atoms with Crippen LogP contribution in [0.15, 0.2) is 16.7 Å². The Morgan fingerprint density at radius 3 is 2.57 bits per heavy atom. The molecule has 0 aliphatic heterocycles. The molecule has 2 atom stereocenters. The molecule has 130 valence electrons. The Hall–Kier alpha value is -0.420. The van der Waals surface area contributed by atoms with E-state index in [1.807, 2.05) is 32.9 Å². The van der Waals surface area contributed by atoms with Gasteiger partial charge in [0.15, 0.2) is 0 Å². The first-order valence-corrected chi connectivity index (χ1v) is 10.6. The number of nitrogens with zero attached hydrogens (tertiary/aromatic N) is 1. The van der Waals surface area contributed by atoms with Gasteiger partial charge in [0, 0.05) is 0 Å². The van der Waals surface area contributed by atoms with Crippen molar-refractivity contribution in [3.63, 3.8) is 0 Å². The van der Waals surface area contributed by atoms with Crippen molar-refractivity contribution >= 4 is 23.5 Å². The first-order valence-electron chi connectivity index (χ1n) is 8.17. The van der Waals surface area contributed by atoms with E-state index in [0.717, 1.165) is 35.3 Å². The molecule has 5 nitrogen and oxygen atoms in total. The lowest BCUT2D eigenvalue weighted by molar-refractivity contribution is 0.138. The van der Waals surface area contributed by atoms with Crippen molar-refractivity contribution in [1.82, 2.24) is 4.98 Å². The molecule has 0 saturated heterocycles. The molecule has 1 aromatic rings. The summed E-state index contributed by atoms with van der Waals surface area (Å²) in [5, 5.41) is 0. The van der Waals surface area contributed by atoms with Crippen molar-refractivity contribution < 1.29 is 18.3 Å². The minimum Gasteiger partial charge on any atom is -0.489 e. The molecule has 7 heteroatoms. The number of pyridine rings is 1. The summed E-state index contributed by atoms with van der Waals surface area (Å²) < 4.78 is 30.9. The summed E-state index contributed by atoms with van der Waals surface area (Å²) in [7, 11) is -3.06. The van der Waals surface area contributed by atoms with Gasteiger partial charge >= 0.3 is 7.60 Å². The van der Waals surface area contributed by atoms with Gasteiger partial charge in [-0.3, -0.25) is 4.57 Å². The van der Waals surface area contributed by atoms with Gasteiger partial charge in [0.05, 0.1) is 30.7 Å². The Morgan fingerprint density at radius 1 is 1.26 bits per heavy atom. The van der Waals surface area contributed by atoms with Crippen molar-refractivity contribution in [2.75, 3.05) is 13.2 Å². The number of rotatable bonds is 7. The third kappa shape index (κ3) is 5.02. The van der Waals surface area contributed by atoms with Crippen LogP contribution in [0.5, 0.6) is 5.75 Å². The zero-order chi connectivity index (χ0) is 16.9. The van der Waals surface area contributed by atoms with Gasteiger partial charge in [0.1, 0.15) is 10.4 Å². The number of ether oxygens (including phenoxy) is 1. The molecule has 1 aromatic heterocycles. The van der Waals surface area contributed by atoms with Gasteiger partial charge in [0.2, 0.25) is 0 Å². The van der Waals surface area contributed by atoms with E-state index in [0.29, 0.717) is 19.6 Å².